The number of alkyl halides is 4. The topological polar surface area (TPSA) is 126 Å². The first-order chi connectivity index (χ1) is 16.5. The number of fused-ring (bicyclic) bond motifs is 1. The summed E-state index contributed by atoms with van der Waals surface area (Å²) < 4.78 is 55.3. The van der Waals surface area contributed by atoms with Gasteiger partial charge in [0.15, 0.2) is 12.1 Å². The molecule has 9 nitrogen and oxygen atoms in total. The molecule has 3 N–H and O–H groups in total. The van der Waals surface area contributed by atoms with Crippen molar-refractivity contribution in [1.29, 1.82) is 0 Å². The van der Waals surface area contributed by atoms with Crippen LogP contribution >= 0.6 is 12.4 Å². The summed E-state index contributed by atoms with van der Waals surface area (Å²) in [4.78, 5) is 39.1. The molecule has 0 saturated carbocycles. The molecule has 2 aromatic heterocycles. The predicted molar refractivity (Wildman–Crippen MR) is 121 cm³/mol. The van der Waals surface area contributed by atoms with E-state index in [-0.39, 0.29) is 55.4 Å². The van der Waals surface area contributed by atoms with E-state index in [2.05, 4.69) is 15.0 Å². The van der Waals surface area contributed by atoms with E-state index >= 15 is 0 Å². The Bertz CT molecular complexity index is 1090. The highest BCUT2D eigenvalue weighted by molar-refractivity contribution is 5.85. The number of pyridine rings is 1. The first kappa shape index (κ1) is 27.7. The molecule has 196 valence electrons. The second kappa shape index (κ2) is 11.0. The van der Waals surface area contributed by atoms with Gasteiger partial charge in [0.05, 0.1) is 12.2 Å². The number of hydrogen-bond acceptors (Lipinski definition) is 7. The fraction of sp³-hybridized carbons (Fsp3) is 0.500. The third kappa shape index (κ3) is 5.90. The molecule has 0 bridgehead atoms. The summed E-state index contributed by atoms with van der Waals surface area (Å²) in [6.45, 7) is -1.10. The zero-order chi connectivity index (χ0) is 25.3. The van der Waals surface area contributed by atoms with Gasteiger partial charge in [-0.25, -0.2) is 14.4 Å². The Morgan fingerprint density at radius 2 is 1.97 bits per heavy atom. The van der Waals surface area contributed by atoms with E-state index in [0.29, 0.717) is 5.56 Å². The molecule has 4 heterocycles. The van der Waals surface area contributed by atoms with Gasteiger partial charge < -0.3 is 20.6 Å². The number of carbonyl (C=O) groups excluding carboxylic acids is 2. The zero-order valence-electron chi connectivity index (χ0n) is 18.9. The summed E-state index contributed by atoms with van der Waals surface area (Å²) in [5.74, 6) is -2.94. The van der Waals surface area contributed by atoms with Crippen LogP contribution in [-0.2, 0) is 16.1 Å². The number of carbonyl (C=O) groups is 2. The molecule has 4 atom stereocenters. The van der Waals surface area contributed by atoms with Crippen molar-refractivity contribution >= 4 is 24.2 Å². The van der Waals surface area contributed by atoms with Crippen molar-refractivity contribution < 1.29 is 32.3 Å². The third-order valence-electron chi connectivity index (χ3n) is 6.17. The lowest BCUT2D eigenvalue weighted by atomic mass is 9.93. The van der Waals surface area contributed by atoms with Crippen LogP contribution in [0, 0.1) is 0 Å². The minimum atomic E-state index is -4.64. The first-order valence-corrected chi connectivity index (χ1v) is 11.0. The van der Waals surface area contributed by atoms with Crippen LogP contribution in [0.3, 0.4) is 0 Å². The number of rotatable bonds is 5. The van der Waals surface area contributed by atoms with E-state index in [9.17, 15) is 32.3 Å². The Labute approximate surface area is 210 Å². The van der Waals surface area contributed by atoms with Crippen LogP contribution in [0.5, 0.6) is 0 Å². The molecule has 2 aromatic rings. The SMILES string of the molecule is Cl.NC(CC(=O)N1Cc2nc(-c3ccncc3)ncc2C(C(F)(F)F)C1)CN1C(=O)CCC(F)C1O. The molecular weight excluding hydrogens is 508 g/mol. The average Bonchev–Trinajstić information content (AvgIpc) is 2.83. The molecule has 0 aliphatic carbocycles. The lowest BCUT2D eigenvalue weighted by molar-refractivity contribution is -0.162. The number of piperidine rings is 1. The Morgan fingerprint density at radius 1 is 1.28 bits per heavy atom. The fourth-order valence-corrected chi connectivity index (χ4v) is 4.30. The van der Waals surface area contributed by atoms with E-state index in [1.54, 1.807) is 12.1 Å². The van der Waals surface area contributed by atoms with Gasteiger partial charge >= 0.3 is 6.18 Å². The highest BCUT2D eigenvalue weighted by Gasteiger charge is 2.46. The zero-order valence-corrected chi connectivity index (χ0v) is 19.8. The molecule has 0 aromatic carbocycles. The first-order valence-electron chi connectivity index (χ1n) is 11.0. The maximum absolute atomic E-state index is 13.8. The van der Waals surface area contributed by atoms with Gasteiger partial charge in [-0.1, -0.05) is 0 Å². The van der Waals surface area contributed by atoms with Gasteiger partial charge in [0.25, 0.3) is 0 Å². The molecule has 4 unspecified atom stereocenters. The average molecular weight is 533 g/mol. The molecule has 2 amide bonds. The van der Waals surface area contributed by atoms with Crippen molar-refractivity contribution in [1.82, 2.24) is 24.8 Å². The fourth-order valence-electron chi connectivity index (χ4n) is 4.30. The smallest absolute Gasteiger partial charge is 0.370 e. The highest BCUT2D eigenvalue weighted by Crippen LogP contribution is 2.40. The summed E-state index contributed by atoms with van der Waals surface area (Å²) in [5, 5.41) is 9.93. The van der Waals surface area contributed by atoms with Crippen LogP contribution in [0.1, 0.15) is 36.4 Å². The van der Waals surface area contributed by atoms with Crippen LogP contribution in [0.25, 0.3) is 11.4 Å². The number of halogens is 5. The van der Waals surface area contributed by atoms with E-state index in [4.69, 9.17) is 5.73 Å². The third-order valence-corrected chi connectivity index (χ3v) is 6.17. The minimum Gasteiger partial charge on any atom is -0.370 e. The Balaban J connectivity index is 0.00000361. The summed E-state index contributed by atoms with van der Waals surface area (Å²) >= 11 is 0. The highest BCUT2D eigenvalue weighted by atomic mass is 35.5. The Morgan fingerprint density at radius 3 is 2.64 bits per heavy atom. The van der Waals surface area contributed by atoms with E-state index in [1.165, 1.54) is 12.4 Å². The molecule has 36 heavy (non-hydrogen) atoms. The second-order valence-electron chi connectivity index (χ2n) is 8.68. The van der Waals surface area contributed by atoms with Crippen LogP contribution < -0.4 is 5.73 Å². The van der Waals surface area contributed by atoms with Gasteiger partial charge in [-0.2, -0.15) is 13.2 Å². The largest absolute Gasteiger partial charge is 0.397 e. The molecular formula is C22H25ClF4N6O3. The van der Waals surface area contributed by atoms with Crippen molar-refractivity contribution in [2.75, 3.05) is 13.1 Å². The quantitative estimate of drug-likeness (QED) is 0.564. The maximum atomic E-state index is 13.8. The lowest BCUT2D eigenvalue weighted by Gasteiger charge is -2.37. The minimum absolute atomic E-state index is 0. The number of amides is 2. The Kier molecular flexibility index (Phi) is 8.47. The van der Waals surface area contributed by atoms with Crippen LogP contribution in [0.15, 0.2) is 30.7 Å². The molecule has 1 saturated heterocycles. The summed E-state index contributed by atoms with van der Waals surface area (Å²) in [7, 11) is 0. The van der Waals surface area contributed by atoms with Gasteiger partial charge in [0, 0.05) is 61.7 Å². The molecule has 2 aliphatic heterocycles. The van der Waals surface area contributed by atoms with Crippen molar-refractivity contribution in [2.45, 2.75) is 56.3 Å². The van der Waals surface area contributed by atoms with Gasteiger partial charge in [-0.05, 0) is 18.6 Å². The molecule has 2 aliphatic rings. The number of nitrogens with two attached hydrogens (primary N) is 1. The predicted octanol–water partition coefficient (Wildman–Crippen LogP) is 1.94. The number of aromatic nitrogens is 3. The van der Waals surface area contributed by atoms with Gasteiger partial charge in [0.1, 0.15) is 12.1 Å². The second-order valence-corrected chi connectivity index (χ2v) is 8.68. The van der Waals surface area contributed by atoms with E-state index < -0.39 is 55.3 Å². The maximum Gasteiger partial charge on any atom is 0.397 e. The van der Waals surface area contributed by atoms with Crippen molar-refractivity contribution in [2.24, 2.45) is 5.73 Å². The molecule has 0 spiro atoms. The van der Waals surface area contributed by atoms with Crippen LogP contribution in [0.2, 0.25) is 0 Å². The standard InChI is InChI=1S/C22H24F4N6O3.ClH/c23-16-1-2-18(33)32(21(16)35)9-13(27)7-19(34)31-10-15(22(24,25)26)14-8-29-20(30-17(14)11-31)12-3-5-28-6-4-12;/h3-6,8,13,15-16,21,35H,1-2,7,9-11,27H2;1H. The number of hydrogen-bond donors (Lipinski definition) is 2. The molecule has 1 fully saturated rings. The lowest BCUT2D eigenvalue weighted by Crippen LogP contribution is -2.54. The number of nitrogens with zero attached hydrogens (tertiary/aromatic N) is 5. The summed E-state index contributed by atoms with van der Waals surface area (Å²) in [6.07, 6.45) is -4.40. The van der Waals surface area contributed by atoms with Crippen molar-refractivity contribution in [3.8, 4) is 11.4 Å². The molecule has 0 radical (unpaired) electrons. The van der Waals surface area contributed by atoms with Crippen LogP contribution in [-0.4, -0.2) is 79.4 Å². The van der Waals surface area contributed by atoms with Gasteiger partial charge in [-0.15, -0.1) is 12.4 Å². The van der Waals surface area contributed by atoms with E-state index in [0.717, 1.165) is 16.0 Å². The van der Waals surface area contributed by atoms with Crippen molar-refractivity contribution in [3.05, 3.63) is 42.0 Å². The molecule has 14 heteroatoms. The number of aliphatic hydroxyl groups is 1. The van der Waals surface area contributed by atoms with Gasteiger partial charge in [-0.3, -0.25) is 14.6 Å². The monoisotopic (exact) mass is 532 g/mol. The normalized spacial score (nSPS) is 23.1. The summed E-state index contributed by atoms with van der Waals surface area (Å²) in [5.41, 5.74) is 6.51. The number of aliphatic hydroxyl groups excluding tert-OH is 1. The van der Waals surface area contributed by atoms with E-state index in [1.807, 2.05) is 0 Å². The number of likely N-dealkylation sites (tertiary alicyclic amines) is 1. The Hall–Kier alpha value is -2.90. The van der Waals surface area contributed by atoms with Gasteiger partial charge in [0.2, 0.25) is 11.8 Å². The van der Waals surface area contributed by atoms with Crippen LogP contribution in [0.4, 0.5) is 17.6 Å². The summed E-state index contributed by atoms with van der Waals surface area (Å²) in [6, 6.07) is 2.23. The van der Waals surface area contributed by atoms with Crippen molar-refractivity contribution in [3.63, 3.8) is 0 Å². The molecule has 4 rings (SSSR count).